The molecule has 1 saturated heterocycles. The molecule has 0 aromatic rings. The van der Waals surface area contributed by atoms with E-state index in [4.69, 9.17) is 0 Å². The molecule has 1 unspecified atom stereocenters. The Bertz CT molecular complexity index is 524. The van der Waals surface area contributed by atoms with Crippen molar-refractivity contribution in [1.82, 2.24) is 5.32 Å². The summed E-state index contributed by atoms with van der Waals surface area (Å²) in [7, 11) is 0. The molecule has 3 heteroatoms. The van der Waals surface area contributed by atoms with Crippen LogP contribution in [0.5, 0.6) is 0 Å². The summed E-state index contributed by atoms with van der Waals surface area (Å²) in [6, 6.07) is 0.0733. The van der Waals surface area contributed by atoms with Crippen LogP contribution in [0.4, 0.5) is 0 Å². The van der Waals surface area contributed by atoms with E-state index in [-0.39, 0.29) is 11.9 Å². The summed E-state index contributed by atoms with van der Waals surface area (Å²) in [5, 5.41) is 3.24. The second kappa shape index (κ2) is 8.15. The molecule has 2 rings (SSSR count). The van der Waals surface area contributed by atoms with Gasteiger partial charge in [0.1, 0.15) is 0 Å². The first-order chi connectivity index (χ1) is 11.5. The van der Waals surface area contributed by atoms with Gasteiger partial charge in [-0.1, -0.05) is 38.5 Å². The predicted molar refractivity (Wildman–Crippen MR) is 101 cm³/mol. The molecule has 24 heavy (non-hydrogen) atoms. The van der Waals surface area contributed by atoms with E-state index in [9.17, 15) is 4.79 Å². The quantitative estimate of drug-likeness (QED) is 0.520. The number of hydrogen-bond donors (Lipinski definition) is 1. The van der Waals surface area contributed by atoms with Crippen LogP contribution in [0.15, 0.2) is 36.1 Å². The largest absolute Gasteiger partial charge is 0.320 e. The lowest BCUT2D eigenvalue weighted by Crippen LogP contribution is -2.57. The molecule has 0 aromatic carbocycles. The summed E-state index contributed by atoms with van der Waals surface area (Å²) < 4.78 is 0.918. The van der Waals surface area contributed by atoms with Crippen LogP contribution >= 0.6 is 0 Å². The molecule has 0 bridgehead atoms. The van der Waals surface area contributed by atoms with E-state index >= 15 is 0 Å². The van der Waals surface area contributed by atoms with Crippen LogP contribution in [0.3, 0.4) is 0 Å². The van der Waals surface area contributed by atoms with Gasteiger partial charge in [0.05, 0.1) is 19.6 Å². The smallest absolute Gasteiger partial charge is 0.282 e. The Morgan fingerprint density at radius 3 is 2.38 bits per heavy atom. The fourth-order valence-electron chi connectivity index (χ4n) is 4.31. The highest BCUT2D eigenvalue weighted by Crippen LogP contribution is 2.34. The zero-order valence-electron chi connectivity index (χ0n) is 15.9. The average molecular weight is 332 g/mol. The third kappa shape index (κ3) is 3.83. The van der Waals surface area contributed by atoms with E-state index in [0.29, 0.717) is 0 Å². The van der Waals surface area contributed by atoms with E-state index < -0.39 is 0 Å². The molecule has 1 saturated carbocycles. The second-order valence-electron chi connectivity index (χ2n) is 7.59. The van der Waals surface area contributed by atoms with Crippen molar-refractivity contribution in [2.75, 3.05) is 19.6 Å². The molecule has 0 spiro atoms. The highest BCUT2D eigenvalue weighted by molar-refractivity contribution is 5.83. The van der Waals surface area contributed by atoms with Crippen molar-refractivity contribution in [2.24, 2.45) is 5.92 Å². The SMILES string of the molecule is C=C/C(C)=C(/NC(=O)C1CCC[N+]1(CC)CC)C(=C)CC1CCC1. The van der Waals surface area contributed by atoms with Crippen LogP contribution < -0.4 is 5.32 Å². The summed E-state index contributed by atoms with van der Waals surface area (Å²) in [6.45, 7) is 17.8. The minimum Gasteiger partial charge on any atom is -0.320 e. The van der Waals surface area contributed by atoms with Crippen LogP contribution in [0.2, 0.25) is 0 Å². The predicted octanol–water partition coefficient (Wildman–Crippen LogP) is 4.33. The topological polar surface area (TPSA) is 29.1 Å². The molecule has 1 atom stereocenters. The van der Waals surface area contributed by atoms with Crippen molar-refractivity contribution < 1.29 is 9.28 Å². The minimum absolute atomic E-state index is 0.0733. The lowest BCUT2D eigenvalue weighted by atomic mass is 9.80. The van der Waals surface area contributed by atoms with Crippen LogP contribution in [0.25, 0.3) is 0 Å². The monoisotopic (exact) mass is 331 g/mol. The molecular weight excluding hydrogens is 296 g/mol. The molecule has 1 heterocycles. The second-order valence-corrected chi connectivity index (χ2v) is 7.59. The van der Waals surface area contributed by atoms with Gasteiger partial charge in [-0.2, -0.15) is 0 Å². The Balaban J connectivity index is 2.12. The number of likely N-dealkylation sites (N-methyl/N-ethyl adjacent to an activating group) is 1. The summed E-state index contributed by atoms with van der Waals surface area (Å²) >= 11 is 0. The van der Waals surface area contributed by atoms with Gasteiger partial charge in [-0.15, -0.1) is 0 Å². The van der Waals surface area contributed by atoms with E-state index in [1.54, 1.807) is 0 Å². The lowest BCUT2D eigenvalue weighted by molar-refractivity contribution is -0.927. The Labute approximate surface area is 148 Å². The number of amides is 1. The van der Waals surface area contributed by atoms with Gasteiger partial charge < -0.3 is 9.80 Å². The molecular formula is C21H35N2O+. The Morgan fingerprint density at radius 2 is 1.88 bits per heavy atom. The van der Waals surface area contributed by atoms with Gasteiger partial charge in [-0.05, 0) is 44.3 Å². The maximum atomic E-state index is 13.0. The van der Waals surface area contributed by atoms with Crippen molar-refractivity contribution in [3.8, 4) is 0 Å². The standard InChI is InChI=1S/C21H34N2O/c1-6-16(4)20(17(5)15-18-11-9-12-18)22-21(24)19-13-10-14-23(19,7-2)8-3/h6,18-19H,1,5,7-15H2,2-4H3/p+1/b20-16+. The van der Waals surface area contributed by atoms with Crippen LogP contribution in [0.1, 0.15) is 59.3 Å². The lowest BCUT2D eigenvalue weighted by Gasteiger charge is -2.37. The van der Waals surface area contributed by atoms with Crippen molar-refractivity contribution in [3.63, 3.8) is 0 Å². The zero-order chi connectivity index (χ0) is 17.7. The van der Waals surface area contributed by atoms with Crippen molar-refractivity contribution in [3.05, 3.63) is 36.1 Å². The van der Waals surface area contributed by atoms with Gasteiger partial charge in [-0.25, -0.2) is 0 Å². The van der Waals surface area contributed by atoms with E-state index in [2.05, 4.69) is 32.3 Å². The van der Waals surface area contributed by atoms with Crippen LogP contribution in [0, 0.1) is 5.92 Å². The molecule has 0 aromatic heterocycles. The van der Waals surface area contributed by atoms with Gasteiger partial charge in [0.15, 0.2) is 6.04 Å². The number of hydrogen-bond acceptors (Lipinski definition) is 1. The molecule has 1 aliphatic carbocycles. The number of rotatable bonds is 8. The van der Waals surface area contributed by atoms with Gasteiger partial charge in [0, 0.05) is 18.5 Å². The summed E-state index contributed by atoms with van der Waals surface area (Å²) in [6.07, 6.45) is 8.87. The zero-order valence-corrected chi connectivity index (χ0v) is 15.9. The summed E-state index contributed by atoms with van der Waals surface area (Å²) in [5.74, 6) is 0.914. The molecule has 2 fully saturated rings. The van der Waals surface area contributed by atoms with Crippen LogP contribution in [-0.4, -0.2) is 36.1 Å². The first kappa shape index (κ1) is 19.0. The molecule has 1 amide bonds. The first-order valence-corrected chi connectivity index (χ1v) is 9.65. The molecule has 1 N–H and O–H groups in total. The number of allylic oxidation sites excluding steroid dienone is 3. The van der Waals surface area contributed by atoms with Gasteiger partial charge in [-0.3, -0.25) is 4.79 Å². The van der Waals surface area contributed by atoms with Crippen molar-refractivity contribution >= 4 is 5.91 Å². The van der Waals surface area contributed by atoms with Gasteiger partial charge >= 0.3 is 0 Å². The molecule has 0 radical (unpaired) electrons. The number of quaternary nitrogens is 1. The number of nitrogens with one attached hydrogen (secondary N) is 1. The highest BCUT2D eigenvalue weighted by Gasteiger charge is 2.44. The van der Waals surface area contributed by atoms with E-state index in [1.165, 1.54) is 19.3 Å². The molecule has 3 nitrogen and oxygen atoms in total. The number of carbonyl (C=O) groups is 1. The number of likely N-dealkylation sites (tertiary alicyclic amines) is 1. The fraction of sp³-hybridized carbons (Fsp3) is 0.667. The van der Waals surface area contributed by atoms with Gasteiger partial charge in [0.2, 0.25) is 0 Å². The van der Waals surface area contributed by atoms with E-state index in [0.717, 1.165) is 66.1 Å². The number of carbonyl (C=O) groups excluding carboxylic acids is 1. The average Bonchev–Trinajstić information content (AvgIpc) is 2.99. The van der Waals surface area contributed by atoms with Crippen molar-refractivity contribution in [1.29, 1.82) is 0 Å². The maximum absolute atomic E-state index is 13.0. The Hall–Kier alpha value is -1.35. The highest BCUT2D eigenvalue weighted by atomic mass is 16.2. The van der Waals surface area contributed by atoms with Crippen LogP contribution in [-0.2, 0) is 4.79 Å². The number of nitrogens with zero attached hydrogens (tertiary/aromatic N) is 1. The minimum atomic E-state index is 0.0733. The molecule has 2 aliphatic rings. The first-order valence-electron chi connectivity index (χ1n) is 9.65. The van der Waals surface area contributed by atoms with Gasteiger partial charge in [0.25, 0.3) is 5.91 Å². The summed E-state index contributed by atoms with van der Waals surface area (Å²) in [4.78, 5) is 13.0. The summed E-state index contributed by atoms with van der Waals surface area (Å²) in [5.41, 5.74) is 3.01. The third-order valence-electron chi connectivity index (χ3n) is 6.37. The molecule has 134 valence electrons. The fourth-order valence-corrected chi connectivity index (χ4v) is 4.31. The van der Waals surface area contributed by atoms with Crippen molar-refractivity contribution in [2.45, 2.75) is 65.3 Å². The van der Waals surface area contributed by atoms with E-state index in [1.807, 2.05) is 13.0 Å². The normalized spacial score (nSPS) is 24.0. The third-order valence-corrected chi connectivity index (χ3v) is 6.37. The maximum Gasteiger partial charge on any atom is 0.282 e. The Kier molecular flexibility index (Phi) is 6.45. The Morgan fingerprint density at radius 1 is 1.21 bits per heavy atom. The molecule has 1 aliphatic heterocycles.